The number of halogens is 1. The van der Waals surface area contributed by atoms with Gasteiger partial charge in [-0.05, 0) is 42.3 Å². The maximum Gasteiger partial charge on any atom is 0.337 e. The smallest absolute Gasteiger partial charge is 0.337 e. The second-order valence-corrected chi connectivity index (χ2v) is 3.20. The number of hydrogen-bond acceptors (Lipinski definition) is 3. The zero-order valence-electron chi connectivity index (χ0n) is 7.83. The van der Waals surface area contributed by atoms with Crippen LogP contribution in [0.4, 0.5) is 0 Å². The van der Waals surface area contributed by atoms with Crippen molar-refractivity contribution >= 4 is 22.8 Å². The maximum atomic E-state index is 11.2. The van der Waals surface area contributed by atoms with E-state index >= 15 is 0 Å². The molecule has 0 fully saturated rings. The molecule has 3 nitrogen and oxygen atoms in total. The van der Waals surface area contributed by atoms with Crippen molar-refractivity contribution in [2.45, 2.75) is 6.92 Å². The van der Waals surface area contributed by atoms with Gasteiger partial charge in [0, 0.05) is 5.56 Å². The topological polar surface area (TPSA) is 43.4 Å². The molecule has 0 unspecified atom stereocenters. The summed E-state index contributed by atoms with van der Waals surface area (Å²) in [6, 6.07) is 4.66. The highest BCUT2D eigenvalue weighted by Crippen LogP contribution is 2.12. The SMILES string of the molecule is COC(=O)c1cc(C)cc(C(=O)Cl)c1. The van der Waals surface area contributed by atoms with E-state index < -0.39 is 11.2 Å². The van der Waals surface area contributed by atoms with Gasteiger partial charge >= 0.3 is 5.97 Å². The molecule has 14 heavy (non-hydrogen) atoms. The molecule has 4 heteroatoms. The van der Waals surface area contributed by atoms with Crippen LogP contribution in [0.15, 0.2) is 18.2 Å². The molecule has 0 aliphatic heterocycles. The number of methoxy groups -OCH3 is 1. The van der Waals surface area contributed by atoms with Crippen molar-refractivity contribution < 1.29 is 14.3 Å². The summed E-state index contributed by atoms with van der Waals surface area (Å²) in [7, 11) is 1.28. The van der Waals surface area contributed by atoms with Gasteiger partial charge in [-0.3, -0.25) is 4.79 Å². The fraction of sp³-hybridized carbons (Fsp3) is 0.200. The Morgan fingerprint density at radius 2 is 1.79 bits per heavy atom. The predicted octanol–water partition coefficient (Wildman–Crippen LogP) is 2.16. The third-order valence-corrected chi connectivity index (χ3v) is 1.94. The van der Waals surface area contributed by atoms with Crippen molar-refractivity contribution in [3.05, 3.63) is 34.9 Å². The van der Waals surface area contributed by atoms with E-state index in [0.717, 1.165) is 5.56 Å². The molecular formula is C10H9ClO3. The standard InChI is InChI=1S/C10H9ClO3/c1-6-3-7(9(11)12)5-8(4-6)10(13)14-2/h3-5H,1-2H3. The van der Waals surface area contributed by atoms with Crippen molar-refractivity contribution in [3.8, 4) is 0 Å². The lowest BCUT2D eigenvalue weighted by Gasteiger charge is -2.02. The van der Waals surface area contributed by atoms with E-state index in [9.17, 15) is 9.59 Å². The molecule has 0 saturated heterocycles. The lowest BCUT2D eigenvalue weighted by Crippen LogP contribution is -2.03. The Balaban J connectivity index is 3.20. The first kappa shape index (κ1) is 10.7. The molecule has 0 saturated carbocycles. The van der Waals surface area contributed by atoms with E-state index in [1.165, 1.54) is 13.2 Å². The van der Waals surface area contributed by atoms with Crippen molar-refractivity contribution in [2.75, 3.05) is 7.11 Å². The molecular weight excluding hydrogens is 204 g/mol. The van der Waals surface area contributed by atoms with Gasteiger partial charge in [-0.1, -0.05) is 0 Å². The number of aryl methyl sites for hydroxylation is 1. The van der Waals surface area contributed by atoms with Crippen LogP contribution < -0.4 is 0 Å². The second kappa shape index (κ2) is 4.24. The summed E-state index contributed by atoms with van der Waals surface area (Å²) in [6.07, 6.45) is 0. The van der Waals surface area contributed by atoms with Crippen LogP contribution in [-0.2, 0) is 4.74 Å². The van der Waals surface area contributed by atoms with Crippen molar-refractivity contribution in [1.82, 2.24) is 0 Å². The van der Waals surface area contributed by atoms with Crippen LogP contribution in [0.5, 0.6) is 0 Å². The fourth-order valence-electron chi connectivity index (χ4n) is 1.13. The third-order valence-electron chi connectivity index (χ3n) is 1.73. The van der Waals surface area contributed by atoms with Gasteiger partial charge in [-0.15, -0.1) is 0 Å². The van der Waals surface area contributed by atoms with Gasteiger partial charge in [0.25, 0.3) is 5.24 Å². The summed E-state index contributed by atoms with van der Waals surface area (Å²) in [5.41, 5.74) is 1.42. The molecule has 1 aromatic rings. The van der Waals surface area contributed by atoms with Crippen molar-refractivity contribution in [2.24, 2.45) is 0 Å². The van der Waals surface area contributed by atoms with Gasteiger partial charge in [0.1, 0.15) is 0 Å². The van der Waals surface area contributed by atoms with Crippen LogP contribution in [0.25, 0.3) is 0 Å². The van der Waals surface area contributed by atoms with Crippen LogP contribution in [0.1, 0.15) is 26.3 Å². The Morgan fingerprint density at radius 1 is 1.21 bits per heavy atom. The molecule has 0 heterocycles. The minimum absolute atomic E-state index is 0.298. The highest BCUT2D eigenvalue weighted by atomic mass is 35.5. The summed E-state index contributed by atoms with van der Waals surface area (Å²) in [6.45, 7) is 1.77. The molecule has 0 spiro atoms. The number of rotatable bonds is 2. The highest BCUT2D eigenvalue weighted by molar-refractivity contribution is 6.67. The molecule has 1 rings (SSSR count). The molecule has 0 radical (unpaired) electrons. The largest absolute Gasteiger partial charge is 0.465 e. The van der Waals surface area contributed by atoms with E-state index in [2.05, 4.69) is 4.74 Å². The lowest BCUT2D eigenvalue weighted by atomic mass is 10.1. The number of benzene rings is 1. The van der Waals surface area contributed by atoms with Gasteiger partial charge < -0.3 is 4.74 Å². The molecule has 0 amide bonds. The van der Waals surface area contributed by atoms with Gasteiger partial charge in [0.05, 0.1) is 12.7 Å². The first-order chi connectivity index (χ1) is 6.54. The summed E-state index contributed by atoms with van der Waals surface area (Å²) in [4.78, 5) is 22.0. The number of esters is 1. The van der Waals surface area contributed by atoms with Crippen LogP contribution in [-0.4, -0.2) is 18.3 Å². The normalized spacial score (nSPS) is 9.64. The van der Waals surface area contributed by atoms with E-state index in [4.69, 9.17) is 11.6 Å². The Bertz CT molecular complexity index is 385. The average Bonchev–Trinajstić information content (AvgIpc) is 2.15. The fourth-order valence-corrected chi connectivity index (χ4v) is 1.24. The molecule has 0 atom stereocenters. The Labute approximate surface area is 86.6 Å². The summed E-state index contributed by atoms with van der Waals surface area (Å²) >= 11 is 5.30. The molecule has 1 aromatic carbocycles. The maximum absolute atomic E-state index is 11.2. The van der Waals surface area contributed by atoms with E-state index in [0.29, 0.717) is 11.1 Å². The van der Waals surface area contributed by atoms with Crippen LogP contribution in [0.2, 0.25) is 0 Å². The minimum atomic E-state index is -0.584. The number of ether oxygens (including phenoxy) is 1. The van der Waals surface area contributed by atoms with Gasteiger partial charge in [0.15, 0.2) is 0 Å². The Hall–Kier alpha value is -1.35. The van der Waals surface area contributed by atoms with Gasteiger partial charge in [-0.2, -0.15) is 0 Å². The zero-order valence-corrected chi connectivity index (χ0v) is 8.59. The minimum Gasteiger partial charge on any atom is -0.465 e. The van der Waals surface area contributed by atoms with Crippen LogP contribution in [0, 0.1) is 6.92 Å². The summed E-state index contributed by atoms with van der Waals surface area (Å²) in [5.74, 6) is -0.479. The van der Waals surface area contributed by atoms with Crippen LogP contribution >= 0.6 is 11.6 Å². The lowest BCUT2D eigenvalue weighted by molar-refractivity contribution is 0.0600. The van der Waals surface area contributed by atoms with E-state index in [1.807, 2.05) is 0 Å². The highest BCUT2D eigenvalue weighted by Gasteiger charge is 2.10. The molecule has 0 aliphatic rings. The third kappa shape index (κ3) is 2.33. The first-order valence-electron chi connectivity index (χ1n) is 3.94. The van der Waals surface area contributed by atoms with E-state index in [1.54, 1.807) is 19.1 Å². The predicted molar refractivity (Wildman–Crippen MR) is 52.7 cm³/mol. The number of carbonyl (C=O) groups is 2. The van der Waals surface area contributed by atoms with Crippen molar-refractivity contribution in [1.29, 1.82) is 0 Å². The molecule has 0 N–H and O–H groups in total. The molecule has 0 aliphatic carbocycles. The quantitative estimate of drug-likeness (QED) is 0.557. The van der Waals surface area contributed by atoms with E-state index in [-0.39, 0.29) is 0 Å². The second-order valence-electron chi connectivity index (χ2n) is 2.85. The Kier molecular flexibility index (Phi) is 3.25. The Morgan fingerprint density at radius 3 is 2.29 bits per heavy atom. The zero-order chi connectivity index (χ0) is 10.7. The molecule has 74 valence electrons. The summed E-state index contributed by atoms with van der Waals surface area (Å²) in [5, 5.41) is -0.584. The van der Waals surface area contributed by atoms with Crippen LogP contribution in [0.3, 0.4) is 0 Å². The number of carbonyl (C=O) groups excluding carboxylic acids is 2. The van der Waals surface area contributed by atoms with Crippen molar-refractivity contribution in [3.63, 3.8) is 0 Å². The number of hydrogen-bond donors (Lipinski definition) is 0. The summed E-state index contributed by atoms with van der Waals surface area (Å²) < 4.78 is 4.53. The average molecular weight is 213 g/mol. The van der Waals surface area contributed by atoms with Gasteiger partial charge in [0.2, 0.25) is 0 Å². The monoisotopic (exact) mass is 212 g/mol. The van der Waals surface area contributed by atoms with Gasteiger partial charge in [-0.25, -0.2) is 4.79 Å². The first-order valence-corrected chi connectivity index (χ1v) is 4.32. The molecule has 0 bridgehead atoms. The molecule has 0 aromatic heterocycles.